The first-order chi connectivity index (χ1) is 10.4. The molecular formula is C18H19N3. The van der Waals surface area contributed by atoms with E-state index >= 15 is 0 Å². The molecule has 3 heteroatoms. The Morgan fingerprint density at radius 3 is 2.81 bits per heavy atom. The molecule has 1 atom stereocenters. The zero-order valence-electron chi connectivity index (χ0n) is 12.2. The van der Waals surface area contributed by atoms with E-state index in [2.05, 4.69) is 46.5 Å². The van der Waals surface area contributed by atoms with Gasteiger partial charge >= 0.3 is 0 Å². The summed E-state index contributed by atoms with van der Waals surface area (Å²) in [5.74, 6) is 0. The third-order valence-electron chi connectivity index (χ3n) is 3.61. The van der Waals surface area contributed by atoms with Crippen molar-refractivity contribution < 1.29 is 0 Å². The second-order valence-corrected chi connectivity index (χ2v) is 5.09. The molecule has 1 N–H and O–H groups in total. The van der Waals surface area contributed by atoms with Crippen molar-refractivity contribution in [2.24, 2.45) is 0 Å². The Morgan fingerprint density at radius 1 is 1.05 bits per heavy atom. The number of nitrogens with zero attached hydrogens (tertiary/aromatic N) is 2. The van der Waals surface area contributed by atoms with Crippen LogP contribution in [0.5, 0.6) is 0 Å². The number of nitrogens with one attached hydrogen (secondary N) is 1. The zero-order chi connectivity index (χ0) is 14.5. The van der Waals surface area contributed by atoms with Gasteiger partial charge in [0.05, 0.1) is 11.7 Å². The van der Waals surface area contributed by atoms with Gasteiger partial charge in [-0.2, -0.15) is 0 Å². The molecule has 0 radical (unpaired) electrons. The summed E-state index contributed by atoms with van der Waals surface area (Å²) in [4.78, 5) is 8.81. The normalized spacial score (nSPS) is 12.4. The van der Waals surface area contributed by atoms with Crippen LogP contribution in [-0.4, -0.2) is 16.5 Å². The standard InChI is InChI=1S/C18H19N3/c1-2-10-21-18(17-8-3-4-11-20-17)15-7-5-6-14-9-12-19-13-16(14)15/h3-9,11-13,18,21H,2,10H2,1H3. The molecule has 2 aromatic heterocycles. The highest BCUT2D eigenvalue weighted by molar-refractivity contribution is 5.85. The molecule has 3 aromatic rings. The van der Waals surface area contributed by atoms with Crippen molar-refractivity contribution in [3.05, 3.63) is 72.3 Å². The van der Waals surface area contributed by atoms with Crippen LogP contribution in [0.2, 0.25) is 0 Å². The monoisotopic (exact) mass is 277 g/mol. The van der Waals surface area contributed by atoms with Gasteiger partial charge in [0.15, 0.2) is 0 Å². The molecule has 1 unspecified atom stereocenters. The highest BCUT2D eigenvalue weighted by Crippen LogP contribution is 2.27. The quantitative estimate of drug-likeness (QED) is 0.772. The average molecular weight is 277 g/mol. The molecule has 1 aromatic carbocycles. The first kappa shape index (κ1) is 13.7. The molecule has 0 saturated carbocycles. The number of pyridine rings is 2. The van der Waals surface area contributed by atoms with E-state index in [4.69, 9.17) is 0 Å². The molecule has 0 aliphatic rings. The van der Waals surface area contributed by atoms with Crippen molar-refractivity contribution in [2.75, 3.05) is 6.54 Å². The summed E-state index contributed by atoms with van der Waals surface area (Å²) in [6.07, 6.45) is 6.71. The molecule has 0 fully saturated rings. The van der Waals surface area contributed by atoms with Crippen LogP contribution in [0.3, 0.4) is 0 Å². The molecule has 2 heterocycles. The lowest BCUT2D eigenvalue weighted by Crippen LogP contribution is -2.24. The SMILES string of the molecule is CCCNC(c1ccccn1)c1cccc2ccncc12. The molecule has 3 rings (SSSR count). The molecule has 21 heavy (non-hydrogen) atoms. The number of hydrogen-bond acceptors (Lipinski definition) is 3. The molecule has 0 amide bonds. The van der Waals surface area contributed by atoms with Gasteiger partial charge < -0.3 is 5.32 Å². The minimum Gasteiger partial charge on any atom is -0.305 e. The summed E-state index contributed by atoms with van der Waals surface area (Å²) >= 11 is 0. The lowest BCUT2D eigenvalue weighted by atomic mass is 9.97. The van der Waals surface area contributed by atoms with Gasteiger partial charge in [-0.25, -0.2) is 0 Å². The smallest absolute Gasteiger partial charge is 0.0757 e. The van der Waals surface area contributed by atoms with E-state index < -0.39 is 0 Å². The Morgan fingerprint density at radius 2 is 2.00 bits per heavy atom. The summed E-state index contributed by atoms with van der Waals surface area (Å²) in [5.41, 5.74) is 2.27. The van der Waals surface area contributed by atoms with Crippen LogP contribution in [-0.2, 0) is 0 Å². The lowest BCUT2D eigenvalue weighted by molar-refractivity contribution is 0.589. The molecule has 0 bridgehead atoms. The summed E-state index contributed by atoms with van der Waals surface area (Å²) in [7, 11) is 0. The van der Waals surface area contributed by atoms with Gasteiger partial charge in [-0.1, -0.05) is 31.2 Å². The first-order valence-corrected chi connectivity index (χ1v) is 7.37. The van der Waals surface area contributed by atoms with E-state index in [1.54, 1.807) is 0 Å². The predicted molar refractivity (Wildman–Crippen MR) is 86.1 cm³/mol. The van der Waals surface area contributed by atoms with Gasteiger partial charge in [-0.3, -0.25) is 9.97 Å². The van der Waals surface area contributed by atoms with E-state index in [1.165, 1.54) is 16.3 Å². The van der Waals surface area contributed by atoms with Crippen molar-refractivity contribution in [1.82, 2.24) is 15.3 Å². The summed E-state index contributed by atoms with van der Waals surface area (Å²) in [5, 5.41) is 5.99. The molecule has 0 spiro atoms. The molecule has 106 valence electrons. The van der Waals surface area contributed by atoms with Crippen molar-refractivity contribution in [3.63, 3.8) is 0 Å². The third-order valence-corrected chi connectivity index (χ3v) is 3.61. The summed E-state index contributed by atoms with van der Waals surface area (Å²) < 4.78 is 0. The summed E-state index contributed by atoms with van der Waals surface area (Å²) in [6.45, 7) is 3.13. The molecule has 0 saturated heterocycles. The maximum absolute atomic E-state index is 4.53. The van der Waals surface area contributed by atoms with Crippen LogP contribution in [0, 0.1) is 0 Å². The first-order valence-electron chi connectivity index (χ1n) is 7.37. The number of rotatable bonds is 5. The minimum absolute atomic E-state index is 0.0963. The van der Waals surface area contributed by atoms with E-state index in [9.17, 15) is 0 Å². The highest BCUT2D eigenvalue weighted by Gasteiger charge is 2.16. The largest absolute Gasteiger partial charge is 0.305 e. The van der Waals surface area contributed by atoms with E-state index in [0.29, 0.717) is 0 Å². The van der Waals surface area contributed by atoms with Crippen molar-refractivity contribution in [1.29, 1.82) is 0 Å². The zero-order valence-corrected chi connectivity index (χ0v) is 12.2. The molecular weight excluding hydrogens is 258 g/mol. The van der Waals surface area contributed by atoms with E-state index in [1.807, 2.05) is 36.8 Å². The van der Waals surface area contributed by atoms with Crippen LogP contribution in [0.15, 0.2) is 61.1 Å². The minimum atomic E-state index is 0.0963. The van der Waals surface area contributed by atoms with Crippen LogP contribution in [0.4, 0.5) is 0 Å². The number of fused-ring (bicyclic) bond motifs is 1. The van der Waals surface area contributed by atoms with E-state index in [0.717, 1.165) is 18.7 Å². The van der Waals surface area contributed by atoms with Gasteiger partial charge in [0.2, 0.25) is 0 Å². The maximum Gasteiger partial charge on any atom is 0.0757 e. The van der Waals surface area contributed by atoms with Gasteiger partial charge in [-0.15, -0.1) is 0 Å². The Bertz CT molecular complexity index is 704. The predicted octanol–water partition coefficient (Wildman–Crippen LogP) is 3.72. The third kappa shape index (κ3) is 2.93. The second-order valence-electron chi connectivity index (χ2n) is 5.09. The fourth-order valence-electron chi connectivity index (χ4n) is 2.60. The van der Waals surface area contributed by atoms with Crippen LogP contribution in [0.25, 0.3) is 10.8 Å². The van der Waals surface area contributed by atoms with Crippen LogP contribution < -0.4 is 5.32 Å². The van der Waals surface area contributed by atoms with Crippen LogP contribution in [0.1, 0.15) is 30.6 Å². The van der Waals surface area contributed by atoms with Crippen LogP contribution >= 0.6 is 0 Å². The molecule has 0 aliphatic carbocycles. The molecule has 0 aliphatic heterocycles. The van der Waals surface area contributed by atoms with Gasteiger partial charge in [-0.05, 0) is 42.1 Å². The maximum atomic E-state index is 4.53. The van der Waals surface area contributed by atoms with Crippen molar-refractivity contribution >= 4 is 10.8 Å². The highest BCUT2D eigenvalue weighted by atomic mass is 14.9. The average Bonchev–Trinajstić information content (AvgIpc) is 2.56. The Hall–Kier alpha value is -2.26. The Balaban J connectivity index is 2.10. The Labute approximate surface area is 125 Å². The second kappa shape index (κ2) is 6.46. The lowest BCUT2D eigenvalue weighted by Gasteiger charge is -2.20. The topological polar surface area (TPSA) is 37.8 Å². The summed E-state index contributed by atoms with van der Waals surface area (Å²) in [6, 6.07) is 14.6. The van der Waals surface area contributed by atoms with Gasteiger partial charge in [0, 0.05) is 24.0 Å². The van der Waals surface area contributed by atoms with Crippen molar-refractivity contribution in [2.45, 2.75) is 19.4 Å². The number of hydrogen-bond donors (Lipinski definition) is 1. The number of benzene rings is 1. The fourth-order valence-corrected chi connectivity index (χ4v) is 2.60. The fraction of sp³-hybridized carbons (Fsp3) is 0.222. The van der Waals surface area contributed by atoms with Gasteiger partial charge in [0.1, 0.15) is 0 Å². The van der Waals surface area contributed by atoms with Crippen molar-refractivity contribution in [3.8, 4) is 0 Å². The van der Waals surface area contributed by atoms with E-state index in [-0.39, 0.29) is 6.04 Å². The molecule has 3 nitrogen and oxygen atoms in total. The Kier molecular flexibility index (Phi) is 4.22. The van der Waals surface area contributed by atoms with Gasteiger partial charge in [0.25, 0.3) is 0 Å². The number of aromatic nitrogens is 2.